The number of rotatable bonds is 7. The molecule has 0 aromatic carbocycles. The van der Waals surface area contributed by atoms with E-state index in [0.29, 0.717) is 6.61 Å². The van der Waals surface area contributed by atoms with E-state index in [4.69, 9.17) is 20.1 Å². The highest BCUT2D eigenvalue weighted by Crippen LogP contribution is 2.07. The molecule has 3 N–H and O–H groups in total. The molecule has 0 spiro atoms. The Kier molecular flexibility index (Phi) is 18.4. The van der Waals surface area contributed by atoms with E-state index >= 15 is 0 Å². The maximum absolute atomic E-state index is 9.65. The maximum Gasteiger partial charge on any atom is 0.505 e. The van der Waals surface area contributed by atoms with E-state index in [1.807, 2.05) is 13.8 Å². The second kappa shape index (κ2) is 17.1. The second-order valence-electron chi connectivity index (χ2n) is 3.47. The highest BCUT2D eigenvalue weighted by molar-refractivity contribution is 5.56. The normalized spacial score (nSPS) is 15.5. The highest BCUT2D eigenvalue weighted by Gasteiger charge is 2.23. The van der Waals surface area contributed by atoms with E-state index in [-0.39, 0.29) is 25.9 Å². The Balaban J connectivity index is 0. The average Bonchev–Trinajstić information content (AvgIpc) is 3.20. The van der Waals surface area contributed by atoms with Crippen LogP contribution in [0.3, 0.4) is 0 Å². The number of carbonyl (C=O) groups is 1. The zero-order valence-electron chi connectivity index (χ0n) is 11.7. The zero-order chi connectivity index (χ0) is 14.9. The fourth-order valence-electron chi connectivity index (χ4n) is 0.756. The molecule has 0 bridgehead atoms. The van der Waals surface area contributed by atoms with Gasteiger partial charge in [0.05, 0.1) is 6.61 Å². The number of hydrogen-bond donors (Lipinski definition) is 3. The molecule has 1 unspecified atom stereocenters. The smallest absolute Gasteiger partial charge is 0.450 e. The summed E-state index contributed by atoms with van der Waals surface area (Å²) >= 11 is 0. The first kappa shape index (κ1) is 20.4. The lowest BCUT2D eigenvalue weighted by molar-refractivity contribution is 0.0848. The van der Waals surface area contributed by atoms with Crippen LogP contribution in [0.5, 0.6) is 0 Å². The quantitative estimate of drug-likeness (QED) is 0.361. The van der Waals surface area contributed by atoms with Gasteiger partial charge in [-0.1, -0.05) is 0 Å². The molecule has 7 nitrogen and oxygen atoms in total. The number of ether oxygens (including phenoxy) is 3. The van der Waals surface area contributed by atoms with Crippen LogP contribution < -0.4 is 0 Å². The third-order valence-corrected chi connectivity index (χ3v) is 1.77. The molecule has 7 heteroatoms. The number of aliphatic hydroxyl groups excluding tert-OH is 2. The van der Waals surface area contributed by atoms with Gasteiger partial charge in [-0.2, -0.15) is 0 Å². The third-order valence-electron chi connectivity index (χ3n) is 1.77. The van der Waals surface area contributed by atoms with E-state index in [0.717, 1.165) is 26.1 Å². The number of hydrogen-bond acceptors (Lipinski definition) is 6. The van der Waals surface area contributed by atoms with Crippen LogP contribution in [0.2, 0.25) is 0 Å². The van der Waals surface area contributed by atoms with Gasteiger partial charge < -0.3 is 29.5 Å². The third kappa shape index (κ3) is 26.6. The van der Waals surface area contributed by atoms with Crippen LogP contribution in [-0.4, -0.2) is 67.2 Å². The van der Waals surface area contributed by atoms with Crippen LogP contribution in [0.25, 0.3) is 0 Å². The van der Waals surface area contributed by atoms with E-state index in [1.165, 1.54) is 0 Å². The molecule has 0 amide bonds. The molecule has 0 saturated carbocycles. The fourth-order valence-corrected chi connectivity index (χ4v) is 0.756. The summed E-state index contributed by atoms with van der Waals surface area (Å²) in [5.41, 5.74) is 0. The molecule has 19 heavy (non-hydrogen) atoms. The molecular weight excluding hydrogens is 256 g/mol. The first-order valence-electron chi connectivity index (χ1n) is 6.39. The van der Waals surface area contributed by atoms with Crippen molar-refractivity contribution in [3.05, 3.63) is 0 Å². The van der Waals surface area contributed by atoms with Crippen molar-refractivity contribution in [2.24, 2.45) is 0 Å². The first-order valence-corrected chi connectivity index (χ1v) is 6.39. The fraction of sp³-hybridized carbons (Fsp3) is 0.917. The van der Waals surface area contributed by atoms with Gasteiger partial charge in [-0.3, -0.25) is 0 Å². The topological polar surface area (TPSA) is 109 Å². The van der Waals surface area contributed by atoms with Crippen LogP contribution in [-0.2, 0) is 14.2 Å². The predicted octanol–water partition coefficient (Wildman–Crippen LogP) is 0.874. The minimum atomic E-state index is -1.24. The molecule has 0 aliphatic carbocycles. The van der Waals surface area contributed by atoms with Gasteiger partial charge in [0.25, 0.3) is 0 Å². The molecule has 0 radical (unpaired) electrons. The van der Waals surface area contributed by atoms with Crippen LogP contribution in [0.15, 0.2) is 0 Å². The van der Waals surface area contributed by atoms with Crippen molar-refractivity contribution in [3.8, 4) is 0 Å². The van der Waals surface area contributed by atoms with Gasteiger partial charge in [-0.25, -0.2) is 4.79 Å². The van der Waals surface area contributed by atoms with Crippen molar-refractivity contribution in [1.29, 1.82) is 0 Å². The summed E-state index contributed by atoms with van der Waals surface area (Å²) in [4.78, 5) is 9.65. The van der Waals surface area contributed by atoms with Crippen molar-refractivity contribution in [1.82, 2.24) is 0 Å². The number of carboxylic acid groups (broad SMARTS) is 1. The summed E-state index contributed by atoms with van der Waals surface area (Å²) in [5, 5.41) is 24.1. The lowest BCUT2D eigenvalue weighted by Gasteiger charge is -1.91. The Morgan fingerprint density at radius 3 is 1.89 bits per heavy atom. The van der Waals surface area contributed by atoms with E-state index < -0.39 is 6.16 Å². The van der Waals surface area contributed by atoms with Crippen LogP contribution in [0.4, 0.5) is 4.79 Å². The molecule has 1 heterocycles. The molecule has 1 aliphatic rings. The molecule has 0 aromatic heterocycles. The molecular formula is C12H26O7. The van der Waals surface area contributed by atoms with E-state index in [9.17, 15) is 4.79 Å². The van der Waals surface area contributed by atoms with Crippen molar-refractivity contribution in [2.75, 3.05) is 39.6 Å². The Bertz CT molecular complexity index is 177. The zero-order valence-corrected chi connectivity index (χ0v) is 11.7. The summed E-state index contributed by atoms with van der Waals surface area (Å²) in [6, 6.07) is 0. The summed E-state index contributed by atoms with van der Waals surface area (Å²) in [7, 11) is 0. The van der Waals surface area contributed by atoms with Gasteiger partial charge in [-0.15, -0.1) is 0 Å². The maximum atomic E-state index is 9.65. The molecule has 1 aliphatic heterocycles. The second-order valence-corrected chi connectivity index (χ2v) is 3.47. The van der Waals surface area contributed by atoms with E-state index in [1.54, 1.807) is 0 Å². The Morgan fingerprint density at radius 2 is 1.68 bits per heavy atom. The molecule has 1 rings (SSSR count). The molecule has 1 saturated heterocycles. The average molecular weight is 282 g/mol. The first-order chi connectivity index (χ1) is 9.12. The highest BCUT2D eigenvalue weighted by atomic mass is 16.7. The van der Waals surface area contributed by atoms with Crippen LogP contribution in [0.1, 0.15) is 26.7 Å². The summed E-state index contributed by atoms with van der Waals surface area (Å²) in [6.45, 7) is 6.86. The number of epoxide rings is 1. The van der Waals surface area contributed by atoms with Crippen molar-refractivity contribution >= 4 is 6.16 Å². The van der Waals surface area contributed by atoms with Crippen LogP contribution in [0, 0.1) is 0 Å². The van der Waals surface area contributed by atoms with Crippen LogP contribution >= 0.6 is 0 Å². The minimum Gasteiger partial charge on any atom is -0.450 e. The van der Waals surface area contributed by atoms with Gasteiger partial charge >= 0.3 is 6.16 Å². The van der Waals surface area contributed by atoms with Gasteiger partial charge in [0.2, 0.25) is 0 Å². The van der Waals surface area contributed by atoms with Gasteiger partial charge in [0.1, 0.15) is 12.7 Å². The molecule has 1 fully saturated rings. The molecule has 116 valence electrons. The monoisotopic (exact) mass is 282 g/mol. The summed E-state index contributed by atoms with van der Waals surface area (Å²) in [6.07, 6.45) is 0.235. The van der Waals surface area contributed by atoms with Gasteiger partial charge in [-0.05, 0) is 26.7 Å². The van der Waals surface area contributed by atoms with Gasteiger partial charge in [0.15, 0.2) is 0 Å². The number of unbranched alkanes of at least 4 members (excludes halogenated alkanes) is 1. The SMILES string of the molecule is CCOCC.O=C(O)OCC1CO1.OCCCCO. The lowest BCUT2D eigenvalue weighted by atomic mass is 10.3. The predicted molar refractivity (Wildman–Crippen MR) is 69.3 cm³/mol. The van der Waals surface area contributed by atoms with Crippen molar-refractivity contribution in [3.63, 3.8) is 0 Å². The van der Waals surface area contributed by atoms with E-state index in [2.05, 4.69) is 9.47 Å². The van der Waals surface area contributed by atoms with Crippen molar-refractivity contribution < 1.29 is 34.3 Å². The standard InChI is InChI=1S/C4H6O4.C4H10O2.C4H10O/c5-4(6)8-2-3-1-7-3;5-3-1-2-4-6;1-3-5-4-2/h3H,1-2H2,(H,5,6);5-6H,1-4H2;3-4H2,1-2H3. The summed E-state index contributed by atoms with van der Waals surface area (Å²) < 4.78 is 13.7. The lowest BCUT2D eigenvalue weighted by Crippen LogP contribution is -2.06. The van der Waals surface area contributed by atoms with Gasteiger partial charge in [0, 0.05) is 26.4 Å². The Labute approximate surface area is 114 Å². The number of aliphatic hydroxyl groups is 2. The molecule has 0 aromatic rings. The Morgan fingerprint density at radius 1 is 1.21 bits per heavy atom. The van der Waals surface area contributed by atoms with Crippen molar-refractivity contribution in [2.45, 2.75) is 32.8 Å². The minimum absolute atomic E-state index is 0.0334. The molecule has 1 atom stereocenters. The largest absolute Gasteiger partial charge is 0.505 e. The summed E-state index contributed by atoms with van der Waals surface area (Å²) in [5.74, 6) is 0. The Hall–Kier alpha value is -0.890.